The molecule has 0 fully saturated rings. The van der Waals surface area contributed by atoms with E-state index in [1.807, 2.05) is 9.24 Å². The van der Waals surface area contributed by atoms with Gasteiger partial charge in [0.15, 0.2) is 5.52 Å². The van der Waals surface area contributed by atoms with E-state index in [1.54, 1.807) is 37.3 Å². The van der Waals surface area contributed by atoms with Gasteiger partial charge in [-0.1, -0.05) is 52.1 Å². The molecular weight excluding hydrogens is 607 g/mol. The number of hydrogen-bond donors (Lipinski definition) is 5. The van der Waals surface area contributed by atoms with Crippen LogP contribution in [0.1, 0.15) is 38.2 Å². The number of nitrogens with zero attached hydrogens (tertiary/aromatic N) is 1. The molecule has 1 rings (SSSR count). The first-order chi connectivity index (χ1) is 21.5. The lowest BCUT2D eigenvalue weighted by molar-refractivity contribution is -0.134. The standard InChI is InChI=1S/C29H41N6O9P/c1-2-9-27(41)35(20-36)13-8-4-7-12-23(37)30-15-24(38)31-17-26(40)34-22(14-21-10-5-3-6-11-21)29(43)32-16-25(39)33-19-44-18-28(42)45/h2-3,5-6,9-11,20,22H,4,7-8,12-19,45H2,1H3,(H,30,37)(H,31,38)(H,32,43)(H,33,39)(H,34,40)/b9-2-. The second kappa shape index (κ2) is 23.0. The number of unbranched alkanes of at least 4 members (excludes halogenated alkanes) is 2. The van der Waals surface area contributed by atoms with Crippen LogP contribution >= 0.6 is 9.24 Å². The van der Waals surface area contributed by atoms with Gasteiger partial charge in [-0.05, 0) is 31.4 Å². The number of ether oxygens (including phenoxy) is 1. The third-order valence-corrected chi connectivity index (χ3v) is 6.05. The molecule has 0 bridgehead atoms. The third-order valence-electron chi connectivity index (χ3n) is 5.89. The Labute approximate surface area is 263 Å². The second-order valence-electron chi connectivity index (χ2n) is 9.59. The zero-order chi connectivity index (χ0) is 33.5. The summed E-state index contributed by atoms with van der Waals surface area (Å²) in [5, 5.41) is 12.2. The maximum Gasteiger partial charge on any atom is 0.252 e. The van der Waals surface area contributed by atoms with Gasteiger partial charge in [0.05, 0.1) is 19.6 Å². The highest BCUT2D eigenvalue weighted by Gasteiger charge is 2.22. The fourth-order valence-corrected chi connectivity index (χ4v) is 3.76. The SMILES string of the molecule is C/C=C\C(=O)N(C=O)CCCCCC(=O)NCC(=O)NCC(=O)NC(Cc1ccccc1)C(=O)NCC(=O)NCOCC(=O)P. The van der Waals surface area contributed by atoms with Gasteiger partial charge in [0.2, 0.25) is 35.9 Å². The first-order valence-electron chi connectivity index (χ1n) is 14.2. The Morgan fingerprint density at radius 1 is 0.844 bits per heavy atom. The van der Waals surface area contributed by atoms with Crippen LogP contribution in [0.3, 0.4) is 0 Å². The summed E-state index contributed by atoms with van der Waals surface area (Å²) >= 11 is 0. The van der Waals surface area contributed by atoms with Crippen molar-refractivity contribution in [3.63, 3.8) is 0 Å². The molecule has 2 atom stereocenters. The van der Waals surface area contributed by atoms with E-state index >= 15 is 0 Å². The quantitative estimate of drug-likeness (QED) is 0.0331. The van der Waals surface area contributed by atoms with Crippen LogP contribution in [0.15, 0.2) is 42.5 Å². The molecular formula is C29H41N6O9P. The number of benzene rings is 1. The molecule has 45 heavy (non-hydrogen) atoms. The first-order valence-corrected chi connectivity index (χ1v) is 14.8. The molecule has 0 radical (unpaired) electrons. The zero-order valence-electron chi connectivity index (χ0n) is 25.2. The van der Waals surface area contributed by atoms with Crippen LogP contribution in [0.2, 0.25) is 0 Å². The Balaban J connectivity index is 2.43. The highest BCUT2D eigenvalue weighted by atomic mass is 31.0. The van der Waals surface area contributed by atoms with Gasteiger partial charge in [0, 0.05) is 19.4 Å². The normalized spacial score (nSPS) is 11.2. The summed E-state index contributed by atoms with van der Waals surface area (Å²) in [6, 6.07) is 7.80. The van der Waals surface area contributed by atoms with Crippen LogP contribution in [0, 0.1) is 0 Å². The van der Waals surface area contributed by atoms with Crippen molar-refractivity contribution >= 4 is 56.6 Å². The van der Waals surface area contributed by atoms with Crippen LogP contribution in [-0.2, 0) is 49.5 Å². The molecule has 0 aliphatic rings. The Bertz CT molecular complexity index is 1200. The van der Waals surface area contributed by atoms with Crippen LogP contribution in [0.5, 0.6) is 0 Å². The lowest BCUT2D eigenvalue weighted by atomic mass is 10.1. The van der Waals surface area contributed by atoms with E-state index in [1.165, 1.54) is 12.2 Å². The Morgan fingerprint density at radius 3 is 2.16 bits per heavy atom. The number of rotatable bonds is 22. The summed E-state index contributed by atoms with van der Waals surface area (Å²) < 4.78 is 4.93. The fraction of sp³-hybridized carbons (Fsp3) is 0.448. The minimum absolute atomic E-state index is 0.114. The highest BCUT2D eigenvalue weighted by Crippen LogP contribution is 2.04. The molecule has 0 aromatic heterocycles. The molecule has 7 amide bonds. The molecule has 0 aliphatic heterocycles. The van der Waals surface area contributed by atoms with Gasteiger partial charge in [-0.25, -0.2) is 0 Å². The number of amides is 7. The van der Waals surface area contributed by atoms with Crippen molar-refractivity contribution in [3.8, 4) is 0 Å². The van der Waals surface area contributed by atoms with Crippen molar-refractivity contribution in [2.75, 3.05) is 39.5 Å². The zero-order valence-corrected chi connectivity index (χ0v) is 26.3. The van der Waals surface area contributed by atoms with Gasteiger partial charge in [-0.2, -0.15) is 0 Å². The van der Waals surface area contributed by atoms with E-state index in [-0.39, 0.29) is 50.7 Å². The number of nitrogens with one attached hydrogen (secondary N) is 5. The van der Waals surface area contributed by atoms with E-state index in [9.17, 15) is 38.4 Å². The Morgan fingerprint density at radius 2 is 1.49 bits per heavy atom. The predicted octanol–water partition coefficient (Wildman–Crippen LogP) is -1.32. The molecule has 246 valence electrons. The molecule has 0 aliphatic carbocycles. The predicted molar refractivity (Wildman–Crippen MR) is 166 cm³/mol. The molecule has 0 heterocycles. The molecule has 0 saturated carbocycles. The summed E-state index contributed by atoms with van der Waals surface area (Å²) in [5.41, 5.74) is 0.453. The van der Waals surface area contributed by atoms with E-state index < -0.39 is 48.7 Å². The van der Waals surface area contributed by atoms with E-state index in [2.05, 4.69) is 26.6 Å². The molecule has 0 saturated heterocycles. The summed E-state index contributed by atoms with van der Waals surface area (Å²) in [6.07, 6.45) is 5.14. The highest BCUT2D eigenvalue weighted by molar-refractivity contribution is 7.40. The van der Waals surface area contributed by atoms with Crippen molar-refractivity contribution in [1.29, 1.82) is 0 Å². The molecule has 16 heteroatoms. The monoisotopic (exact) mass is 648 g/mol. The summed E-state index contributed by atoms with van der Waals surface area (Å²) in [5.74, 6) is -3.27. The van der Waals surface area contributed by atoms with Crippen molar-refractivity contribution in [1.82, 2.24) is 31.5 Å². The van der Waals surface area contributed by atoms with Crippen LogP contribution in [-0.4, -0.2) is 97.8 Å². The minimum Gasteiger partial charge on any atom is -0.353 e. The van der Waals surface area contributed by atoms with Crippen LogP contribution in [0.25, 0.3) is 0 Å². The maximum absolute atomic E-state index is 12.8. The topological polar surface area (TPSA) is 209 Å². The number of allylic oxidation sites excluding steroid dienone is 1. The molecule has 1 aromatic carbocycles. The van der Waals surface area contributed by atoms with E-state index in [4.69, 9.17) is 4.74 Å². The lowest BCUT2D eigenvalue weighted by Gasteiger charge is -2.19. The van der Waals surface area contributed by atoms with Crippen molar-refractivity contribution in [3.05, 3.63) is 48.0 Å². The lowest BCUT2D eigenvalue weighted by Crippen LogP contribution is -2.52. The summed E-state index contributed by atoms with van der Waals surface area (Å²) in [4.78, 5) is 96.1. The maximum atomic E-state index is 12.8. The van der Waals surface area contributed by atoms with Gasteiger partial charge in [-0.15, -0.1) is 0 Å². The largest absolute Gasteiger partial charge is 0.353 e. The number of carbonyl (C=O) groups excluding carboxylic acids is 8. The van der Waals surface area contributed by atoms with Gasteiger partial charge in [0.25, 0.3) is 5.91 Å². The summed E-state index contributed by atoms with van der Waals surface area (Å²) in [7, 11) is 1.94. The van der Waals surface area contributed by atoms with Gasteiger partial charge >= 0.3 is 0 Å². The fourth-order valence-electron chi connectivity index (χ4n) is 3.65. The first kappa shape index (κ1) is 38.5. The van der Waals surface area contributed by atoms with E-state index in [0.29, 0.717) is 25.7 Å². The van der Waals surface area contributed by atoms with Crippen LogP contribution < -0.4 is 26.6 Å². The average Bonchev–Trinajstić information content (AvgIpc) is 3.01. The number of carbonyl (C=O) groups is 8. The number of hydrogen-bond acceptors (Lipinski definition) is 9. The van der Waals surface area contributed by atoms with E-state index in [0.717, 1.165) is 10.5 Å². The average molecular weight is 649 g/mol. The van der Waals surface area contributed by atoms with Gasteiger partial charge in [0.1, 0.15) is 19.4 Å². The molecule has 15 nitrogen and oxygen atoms in total. The Kier molecular flexibility index (Phi) is 19.7. The smallest absolute Gasteiger partial charge is 0.252 e. The Hall–Kier alpha value is -4.49. The third kappa shape index (κ3) is 18.7. The van der Waals surface area contributed by atoms with Crippen molar-refractivity contribution in [2.24, 2.45) is 0 Å². The molecule has 5 N–H and O–H groups in total. The van der Waals surface area contributed by atoms with Crippen LogP contribution in [0.4, 0.5) is 0 Å². The molecule has 0 spiro atoms. The summed E-state index contributed by atoms with van der Waals surface area (Å²) in [6.45, 7) is 0.268. The minimum atomic E-state index is -1.06. The van der Waals surface area contributed by atoms with Gasteiger partial charge in [-0.3, -0.25) is 43.3 Å². The van der Waals surface area contributed by atoms with Crippen molar-refractivity contribution < 1.29 is 43.1 Å². The molecule has 1 aromatic rings. The van der Waals surface area contributed by atoms with Crippen molar-refractivity contribution in [2.45, 2.75) is 45.1 Å². The van der Waals surface area contributed by atoms with Gasteiger partial charge < -0.3 is 31.3 Å². The molecule has 2 unspecified atom stereocenters. The second-order valence-corrected chi connectivity index (χ2v) is 10.2. The number of imide groups is 1.